The van der Waals surface area contributed by atoms with E-state index >= 15 is 0 Å². The topological polar surface area (TPSA) is 55.1 Å². The molecule has 1 heterocycles. The number of hydrogen-bond donors (Lipinski definition) is 1. The zero-order valence-corrected chi connectivity index (χ0v) is 10.9. The summed E-state index contributed by atoms with van der Waals surface area (Å²) in [6.45, 7) is 6.25. The van der Waals surface area contributed by atoms with E-state index in [0.29, 0.717) is 11.8 Å². The fraction of sp³-hybridized carbons (Fsp3) is 0.692. The first-order valence-corrected chi connectivity index (χ1v) is 6.13. The van der Waals surface area contributed by atoms with E-state index in [1.165, 1.54) is 11.3 Å². The molecule has 0 amide bonds. The number of aryl methyl sites for hydroxylation is 2. The average Bonchev–Trinajstić information content (AvgIpc) is 2.99. The van der Waals surface area contributed by atoms with Crippen molar-refractivity contribution in [1.29, 1.82) is 0 Å². The Bertz CT molecular complexity index is 451. The first-order chi connectivity index (χ1) is 7.91. The first kappa shape index (κ1) is 12.1. The summed E-state index contributed by atoms with van der Waals surface area (Å²) in [5.41, 5.74) is 3.56. The molecule has 3 unspecified atom stereocenters. The van der Waals surface area contributed by atoms with Gasteiger partial charge in [-0.3, -0.25) is 9.48 Å². The Morgan fingerprint density at radius 2 is 2.24 bits per heavy atom. The second-order valence-electron chi connectivity index (χ2n) is 5.30. The van der Waals surface area contributed by atoms with Crippen molar-refractivity contribution in [2.24, 2.45) is 24.8 Å². The summed E-state index contributed by atoms with van der Waals surface area (Å²) in [6.07, 6.45) is 1.79. The summed E-state index contributed by atoms with van der Waals surface area (Å²) in [5.74, 6) is 0.0352. The molecule has 2 rings (SSSR count). The second-order valence-corrected chi connectivity index (χ2v) is 5.30. The maximum atomic E-state index is 10.9. The Labute approximate surface area is 102 Å². The summed E-state index contributed by atoms with van der Waals surface area (Å²) in [6, 6.07) is 0. The number of nitrogens with zero attached hydrogens (tertiary/aromatic N) is 2. The minimum atomic E-state index is -0.638. The van der Waals surface area contributed by atoms with Crippen LogP contribution in [0.5, 0.6) is 0 Å². The molecule has 1 saturated carbocycles. The number of carbonyl (C=O) groups is 1. The van der Waals surface area contributed by atoms with Gasteiger partial charge in [-0.2, -0.15) is 5.10 Å². The van der Waals surface area contributed by atoms with Crippen LogP contribution in [0.2, 0.25) is 0 Å². The Morgan fingerprint density at radius 1 is 1.59 bits per heavy atom. The number of aromatic nitrogens is 2. The molecule has 0 spiro atoms. The van der Waals surface area contributed by atoms with E-state index in [1.54, 1.807) is 0 Å². The standard InChI is InChI=1S/C13H20N2O2/c1-7(10-6-12(10)13(16)17)5-11-8(2)14-15(4)9(11)3/h7,10,12H,5-6H2,1-4H3,(H,16,17). The fourth-order valence-corrected chi connectivity index (χ4v) is 2.71. The van der Waals surface area contributed by atoms with E-state index in [2.05, 4.69) is 18.9 Å². The van der Waals surface area contributed by atoms with Crippen molar-refractivity contribution in [2.75, 3.05) is 0 Å². The van der Waals surface area contributed by atoms with E-state index in [4.69, 9.17) is 5.11 Å². The van der Waals surface area contributed by atoms with Crippen LogP contribution in [0.25, 0.3) is 0 Å². The SMILES string of the molecule is Cc1nn(C)c(C)c1CC(C)C1CC1C(=O)O. The molecule has 0 radical (unpaired) electrons. The lowest BCUT2D eigenvalue weighted by atomic mass is 9.94. The van der Waals surface area contributed by atoms with Crippen LogP contribution in [-0.2, 0) is 18.3 Å². The number of carboxylic acids is 1. The molecule has 4 nitrogen and oxygen atoms in total. The van der Waals surface area contributed by atoms with Crippen molar-refractivity contribution in [3.63, 3.8) is 0 Å². The third-order valence-corrected chi connectivity index (χ3v) is 4.07. The molecule has 0 aromatic carbocycles. The molecule has 0 bridgehead atoms. The highest BCUT2D eigenvalue weighted by molar-refractivity contribution is 5.73. The van der Waals surface area contributed by atoms with Crippen LogP contribution in [-0.4, -0.2) is 20.9 Å². The highest BCUT2D eigenvalue weighted by Gasteiger charge is 2.46. The summed E-state index contributed by atoms with van der Waals surface area (Å²) < 4.78 is 1.90. The molecular weight excluding hydrogens is 216 g/mol. The Kier molecular flexibility index (Phi) is 2.98. The third-order valence-electron chi connectivity index (χ3n) is 4.07. The van der Waals surface area contributed by atoms with Crippen molar-refractivity contribution in [2.45, 2.75) is 33.6 Å². The van der Waals surface area contributed by atoms with Gasteiger partial charge in [0.25, 0.3) is 0 Å². The molecule has 1 aromatic heterocycles. The van der Waals surface area contributed by atoms with Gasteiger partial charge >= 0.3 is 5.97 Å². The fourth-order valence-electron chi connectivity index (χ4n) is 2.71. The largest absolute Gasteiger partial charge is 0.481 e. The van der Waals surface area contributed by atoms with Crippen LogP contribution in [0.15, 0.2) is 0 Å². The third kappa shape index (κ3) is 2.21. The van der Waals surface area contributed by atoms with E-state index < -0.39 is 5.97 Å². The normalized spacial score (nSPS) is 24.7. The van der Waals surface area contributed by atoms with Crippen LogP contribution in [0.4, 0.5) is 0 Å². The van der Waals surface area contributed by atoms with Gasteiger partial charge in [-0.1, -0.05) is 6.92 Å². The quantitative estimate of drug-likeness (QED) is 0.869. The van der Waals surface area contributed by atoms with E-state index in [1.807, 2.05) is 18.7 Å². The molecule has 3 atom stereocenters. The summed E-state index contributed by atoms with van der Waals surface area (Å²) in [4.78, 5) is 10.9. The van der Waals surface area contributed by atoms with Crippen molar-refractivity contribution in [3.05, 3.63) is 17.0 Å². The van der Waals surface area contributed by atoms with Crippen molar-refractivity contribution in [1.82, 2.24) is 9.78 Å². The molecule has 94 valence electrons. The van der Waals surface area contributed by atoms with E-state index in [0.717, 1.165) is 18.5 Å². The van der Waals surface area contributed by atoms with Crippen LogP contribution in [0.1, 0.15) is 30.3 Å². The van der Waals surface area contributed by atoms with Crippen LogP contribution in [0.3, 0.4) is 0 Å². The van der Waals surface area contributed by atoms with Gasteiger partial charge in [-0.25, -0.2) is 0 Å². The van der Waals surface area contributed by atoms with Gasteiger partial charge in [0.05, 0.1) is 11.6 Å². The number of carboxylic acid groups (broad SMARTS) is 1. The van der Waals surface area contributed by atoms with Crippen molar-refractivity contribution in [3.8, 4) is 0 Å². The van der Waals surface area contributed by atoms with Gasteiger partial charge in [0.2, 0.25) is 0 Å². The van der Waals surface area contributed by atoms with Gasteiger partial charge in [0.15, 0.2) is 0 Å². The van der Waals surface area contributed by atoms with Gasteiger partial charge in [0, 0.05) is 12.7 Å². The zero-order valence-electron chi connectivity index (χ0n) is 10.9. The van der Waals surface area contributed by atoms with Gasteiger partial charge in [-0.05, 0) is 44.1 Å². The molecule has 1 N–H and O–H groups in total. The highest BCUT2D eigenvalue weighted by atomic mass is 16.4. The number of aliphatic carboxylic acids is 1. The molecule has 1 aromatic rings. The van der Waals surface area contributed by atoms with Crippen LogP contribution in [0, 0.1) is 31.6 Å². The van der Waals surface area contributed by atoms with Gasteiger partial charge in [-0.15, -0.1) is 0 Å². The Morgan fingerprint density at radius 3 is 2.65 bits per heavy atom. The zero-order chi connectivity index (χ0) is 12.7. The minimum Gasteiger partial charge on any atom is -0.481 e. The lowest BCUT2D eigenvalue weighted by molar-refractivity contribution is -0.139. The van der Waals surface area contributed by atoms with Crippen molar-refractivity contribution >= 4 is 5.97 Å². The van der Waals surface area contributed by atoms with E-state index in [-0.39, 0.29) is 5.92 Å². The van der Waals surface area contributed by atoms with Gasteiger partial charge < -0.3 is 5.11 Å². The molecule has 0 saturated heterocycles. The monoisotopic (exact) mass is 236 g/mol. The van der Waals surface area contributed by atoms with Gasteiger partial charge in [0.1, 0.15) is 0 Å². The van der Waals surface area contributed by atoms with Crippen LogP contribution >= 0.6 is 0 Å². The summed E-state index contributed by atoms with van der Waals surface area (Å²) in [7, 11) is 1.95. The van der Waals surface area contributed by atoms with Crippen LogP contribution < -0.4 is 0 Å². The summed E-state index contributed by atoms with van der Waals surface area (Å²) >= 11 is 0. The average molecular weight is 236 g/mol. The smallest absolute Gasteiger partial charge is 0.306 e. The highest BCUT2D eigenvalue weighted by Crippen LogP contribution is 2.45. The lowest BCUT2D eigenvalue weighted by Crippen LogP contribution is -2.09. The molecule has 17 heavy (non-hydrogen) atoms. The maximum Gasteiger partial charge on any atom is 0.306 e. The number of hydrogen-bond acceptors (Lipinski definition) is 2. The molecule has 1 fully saturated rings. The number of rotatable bonds is 4. The molecule has 1 aliphatic rings. The molecular formula is C13H20N2O2. The van der Waals surface area contributed by atoms with Crippen molar-refractivity contribution < 1.29 is 9.90 Å². The first-order valence-electron chi connectivity index (χ1n) is 6.13. The molecule has 1 aliphatic carbocycles. The summed E-state index contributed by atoms with van der Waals surface area (Å²) in [5, 5.41) is 13.3. The minimum absolute atomic E-state index is 0.109. The molecule has 4 heteroatoms. The maximum absolute atomic E-state index is 10.9. The predicted molar refractivity (Wildman–Crippen MR) is 64.8 cm³/mol. The molecule has 0 aliphatic heterocycles. The Balaban J connectivity index is 2.04. The second kappa shape index (κ2) is 4.17. The van der Waals surface area contributed by atoms with E-state index in [9.17, 15) is 4.79 Å². The predicted octanol–water partition coefficient (Wildman–Crippen LogP) is 1.94. The lowest BCUT2D eigenvalue weighted by Gasteiger charge is -2.10. The Hall–Kier alpha value is -1.32.